The molecule has 1 heterocycles. The van der Waals surface area contributed by atoms with E-state index in [-0.39, 0.29) is 39.5 Å². The van der Waals surface area contributed by atoms with Crippen LogP contribution >= 0.6 is 11.8 Å². The van der Waals surface area contributed by atoms with E-state index in [0.29, 0.717) is 5.56 Å². The highest BCUT2D eigenvalue weighted by Crippen LogP contribution is 2.26. The van der Waals surface area contributed by atoms with Crippen LogP contribution in [-0.2, 0) is 0 Å². The highest BCUT2D eigenvalue weighted by molar-refractivity contribution is 7.99. The van der Waals surface area contributed by atoms with Crippen molar-refractivity contribution < 1.29 is 18.5 Å². The Morgan fingerprint density at radius 1 is 1.27 bits per heavy atom. The normalized spacial score (nSPS) is 10.7. The van der Waals surface area contributed by atoms with Gasteiger partial charge in [-0.05, 0) is 19.1 Å². The average molecular weight is 373 g/mol. The first-order valence-electron chi connectivity index (χ1n) is 7.45. The van der Waals surface area contributed by atoms with E-state index in [1.54, 1.807) is 19.1 Å². The van der Waals surface area contributed by atoms with E-state index >= 15 is 0 Å². The van der Waals surface area contributed by atoms with Gasteiger partial charge in [-0.15, -0.1) is 10.2 Å². The van der Waals surface area contributed by atoms with Crippen LogP contribution in [0.1, 0.15) is 15.9 Å². The lowest BCUT2D eigenvalue weighted by Crippen LogP contribution is -2.04. The number of halogens is 1. The second-order valence-corrected chi connectivity index (χ2v) is 6.25. The van der Waals surface area contributed by atoms with Crippen molar-refractivity contribution >= 4 is 23.2 Å². The second kappa shape index (κ2) is 7.44. The Hall–Kier alpha value is -3.07. The summed E-state index contributed by atoms with van der Waals surface area (Å²) in [6.07, 6.45) is 0. The number of thioether (sulfide) groups is 1. The summed E-state index contributed by atoms with van der Waals surface area (Å²) in [5, 5.41) is 18.6. The Labute approximate surface area is 151 Å². The molecular weight excluding hydrogens is 361 g/mol. The zero-order chi connectivity index (χ0) is 18.7. The van der Waals surface area contributed by atoms with Crippen LogP contribution in [0.5, 0.6) is 0 Å². The van der Waals surface area contributed by atoms with Gasteiger partial charge in [0.25, 0.3) is 16.8 Å². The highest BCUT2D eigenvalue weighted by atomic mass is 32.2. The van der Waals surface area contributed by atoms with Crippen molar-refractivity contribution in [1.82, 2.24) is 10.2 Å². The van der Waals surface area contributed by atoms with Crippen LogP contribution in [0.2, 0.25) is 0 Å². The van der Waals surface area contributed by atoms with Crippen molar-refractivity contribution in [3.63, 3.8) is 0 Å². The van der Waals surface area contributed by atoms with E-state index < -0.39 is 10.7 Å². The Morgan fingerprint density at radius 3 is 2.77 bits per heavy atom. The first-order chi connectivity index (χ1) is 12.5. The topological polar surface area (TPSA) is 99.1 Å². The van der Waals surface area contributed by atoms with Crippen molar-refractivity contribution in [1.29, 1.82) is 0 Å². The molecule has 9 heteroatoms. The van der Waals surface area contributed by atoms with Gasteiger partial charge in [-0.3, -0.25) is 14.9 Å². The van der Waals surface area contributed by atoms with Crippen LogP contribution in [0.3, 0.4) is 0 Å². The van der Waals surface area contributed by atoms with Crippen molar-refractivity contribution in [3.8, 4) is 11.5 Å². The fourth-order valence-electron chi connectivity index (χ4n) is 2.20. The molecule has 0 atom stereocenters. The molecule has 3 rings (SSSR count). The van der Waals surface area contributed by atoms with E-state index in [2.05, 4.69) is 10.2 Å². The first-order valence-corrected chi connectivity index (χ1v) is 8.43. The molecule has 2 aromatic carbocycles. The minimum Gasteiger partial charge on any atom is -0.411 e. The molecule has 3 aromatic rings. The van der Waals surface area contributed by atoms with Crippen LogP contribution in [0.4, 0.5) is 10.1 Å². The van der Waals surface area contributed by atoms with E-state index in [1.807, 2.05) is 0 Å². The van der Waals surface area contributed by atoms with Gasteiger partial charge in [0.05, 0.1) is 16.2 Å². The Bertz CT molecular complexity index is 990. The van der Waals surface area contributed by atoms with Crippen LogP contribution in [0.15, 0.2) is 52.1 Å². The number of carbonyl (C=O) groups is 1. The molecule has 1 aromatic heterocycles. The molecule has 7 nitrogen and oxygen atoms in total. The fraction of sp³-hybridized carbons (Fsp3) is 0.118. The zero-order valence-corrected chi connectivity index (χ0v) is 14.3. The maximum atomic E-state index is 13.7. The molecule has 26 heavy (non-hydrogen) atoms. The number of ketones is 1. The fourth-order valence-corrected chi connectivity index (χ4v) is 2.86. The number of aryl methyl sites for hydroxylation is 1. The van der Waals surface area contributed by atoms with Crippen LogP contribution in [-0.4, -0.2) is 26.7 Å². The predicted octanol–water partition coefficient (Wildman–Crippen LogP) is 4.07. The summed E-state index contributed by atoms with van der Waals surface area (Å²) < 4.78 is 19.1. The van der Waals surface area contributed by atoms with Crippen molar-refractivity contribution in [2.75, 3.05) is 5.75 Å². The summed E-state index contributed by atoms with van der Waals surface area (Å²) >= 11 is 0.981. The highest BCUT2D eigenvalue weighted by Gasteiger charge is 2.17. The summed E-state index contributed by atoms with van der Waals surface area (Å²) in [5.74, 6) is -0.831. The molecule has 0 aliphatic carbocycles. The molecule has 0 aliphatic rings. The standard InChI is InChI=1S/C17H12FN3O4S/c1-10-6-7-11(8-14(10)21(23)24)15(22)9-26-17-20-19-16(25-17)12-4-2-3-5-13(12)18/h2-8H,9H2,1H3. The molecule has 0 radical (unpaired) electrons. The maximum Gasteiger partial charge on any atom is 0.277 e. The summed E-state index contributed by atoms with van der Waals surface area (Å²) in [6, 6.07) is 10.3. The van der Waals surface area contributed by atoms with Gasteiger partial charge < -0.3 is 4.42 Å². The molecule has 0 N–H and O–H groups in total. The Balaban J connectivity index is 1.70. The van der Waals surface area contributed by atoms with E-state index in [0.717, 1.165) is 11.8 Å². The largest absolute Gasteiger partial charge is 0.411 e. The molecule has 0 fully saturated rings. The van der Waals surface area contributed by atoms with Gasteiger partial charge in [0, 0.05) is 17.2 Å². The Kier molecular flexibility index (Phi) is 5.08. The van der Waals surface area contributed by atoms with Gasteiger partial charge in [0.1, 0.15) is 5.82 Å². The number of nitro benzene ring substituents is 1. The lowest BCUT2D eigenvalue weighted by atomic mass is 10.1. The van der Waals surface area contributed by atoms with Gasteiger partial charge in [-0.1, -0.05) is 36.0 Å². The molecule has 0 unspecified atom stereocenters. The molecule has 0 aliphatic heterocycles. The minimum atomic E-state index is -0.530. The summed E-state index contributed by atoms with van der Waals surface area (Å²) in [7, 11) is 0. The van der Waals surface area contributed by atoms with E-state index in [1.165, 1.54) is 30.3 Å². The van der Waals surface area contributed by atoms with Gasteiger partial charge in [0.2, 0.25) is 0 Å². The monoisotopic (exact) mass is 373 g/mol. The number of hydrogen-bond acceptors (Lipinski definition) is 7. The smallest absolute Gasteiger partial charge is 0.277 e. The van der Waals surface area contributed by atoms with Gasteiger partial charge in [-0.25, -0.2) is 4.39 Å². The number of carbonyl (C=O) groups excluding carboxylic acids is 1. The third kappa shape index (κ3) is 3.77. The van der Waals surface area contributed by atoms with Gasteiger partial charge in [0.15, 0.2) is 5.78 Å². The third-order valence-corrected chi connectivity index (χ3v) is 4.38. The third-order valence-electron chi connectivity index (χ3n) is 3.57. The number of benzene rings is 2. The van der Waals surface area contributed by atoms with Crippen LogP contribution < -0.4 is 0 Å². The minimum absolute atomic E-state index is 0.0176. The van der Waals surface area contributed by atoms with E-state index in [4.69, 9.17) is 4.42 Å². The molecule has 132 valence electrons. The quantitative estimate of drug-likeness (QED) is 0.278. The molecular formula is C17H12FN3O4S. The SMILES string of the molecule is Cc1ccc(C(=O)CSc2nnc(-c3ccccc3F)o2)cc1[N+](=O)[O-]. The predicted molar refractivity (Wildman–Crippen MR) is 92.6 cm³/mol. The van der Waals surface area contributed by atoms with E-state index in [9.17, 15) is 19.3 Å². The number of nitrogens with zero attached hydrogens (tertiary/aromatic N) is 3. The van der Waals surface area contributed by atoms with Crippen LogP contribution in [0, 0.1) is 22.9 Å². The number of Topliss-reactive ketones (excluding diaryl/α,β-unsaturated/α-hetero) is 1. The summed E-state index contributed by atoms with van der Waals surface area (Å²) in [4.78, 5) is 22.7. The van der Waals surface area contributed by atoms with Crippen molar-refractivity contribution in [2.45, 2.75) is 12.1 Å². The zero-order valence-electron chi connectivity index (χ0n) is 13.5. The number of rotatable bonds is 6. The lowest BCUT2D eigenvalue weighted by Gasteiger charge is -2.01. The molecule has 0 amide bonds. The molecule has 0 saturated carbocycles. The van der Waals surface area contributed by atoms with Crippen LogP contribution in [0.25, 0.3) is 11.5 Å². The summed E-state index contributed by atoms with van der Waals surface area (Å²) in [5.41, 5.74) is 0.766. The number of hydrogen-bond donors (Lipinski definition) is 0. The van der Waals surface area contributed by atoms with Gasteiger partial charge in [-0.2, -0.15) is 0 Å². The maximum absolute atomic E-state index is 13.7. The van der Waals surface area contributed by atoms with Crippen molar-refractivity contribution in [3.05, 3.63) is 69.5 Å². The van der Waals surface area contributed by atoms with Gasteiger partial charge >= 0.3 is 0 Å². The Morgan fingerprint density at radius 2 is 2.04 bits per heavy atom. The summed E-state index contributed by atoms with van der Waals surface area (Å²) in [6.45, 7) is 1.60. The molecule has 0 saturated heterocycles. The second-order valence-electron chi connectivity index (χ2n) is 5.32. The van der Waals surface area contributed by atoms with Crippen molar-refractivity contribution in [2.24, 2.45) is 0 Å². The first kappa shape index (κ1) is 17.7. The average Bonchev–Trinajstić information content (AvgIpc) is 3.09. The number of nitro groups is 1. The molecule has 0 bridgehead atoms. The lowest BCUT2D eigenvalue weighted by molar-refractivity contribution is -0.385. The number of aromatic nitrogens is 2. The molecule has 0 spiro atoms.